The van der Waals surface area contributed by atoms with Crippen LogP contribution in [-0.2, 0) is 4.74 Å². The summed E-state index contributed by atoms with van der Waals surface area (Å²) >= 11 is 0. The van der Waals surface area contributed by atoms with E-state index in [1.165, 1.54) is 22.9 Å². The van der Waals surface area contributed by atoms with E-state index in [0.717, 1.165) is 17.1 Å². The highest BCUT2D eigenvalue weighted by Crippen LogP contribution is 2.16. The van der Waals surface area contributed by atoms with E-state index in [-0.39, 0.29) is 0 Å². The van der Waals surface area contributed by atoms with E-state index in [4.69, 9.17) is 14.2 Å². The molecule has 0 aliphatic heterocycles. The number of hydrogen-bond donors (Lipinski definition) is 0. The molecule has 27 heavy (non-hydrogen) atoms. The smallest absolute Gasteiger partial charge is 0.141 e. The summed E-state index contributed by atoms with van der Waals surface area (Å²) < 4.78 is 18.5. The zero-order chi connectivity index (χ0) is 18.7. The van der Waals surface area contributed by atoms with Gasteiger partial charge in [-0.1, -0.05) is 29.8 Å². The van der Waals surface area contributed by atoms with Gasteiger partial charge in [0.05, 0.1) is 19.4 Å². The van der Waals surface area contributed by atoms with Crippen molar-refractivity contribution in [2.24, 2.45) is 5.10 Å². The molecule has 0 saturated heterocycles. The molecule has 0 atom stereocenters. The van der Waals surface area contributed by atoms with E-state index in [0.29, 0.717) is 26.4 Å². The van der Waals surface area contributed by atoms with Crippen LogP contribution in [0, 0.1) is 6.92 Å². The van der Waals surface area contributed by atoms with Crippen molar-refractivity contribution in [1.82, 2.24) is 14.9 Å². The molecule has 7 nitrogen and oxygen atoms in total. The monoisotopic (exact) mass is 366 g/mol. The molecule has 1 heterocycles. The van der Waals surface area contributed by atoms with Crippen LogP contribution in [0.2, 0.25) is 0 Å². The van der Waals surface area contributed by atoms with Crippen LogP contribution in [0.25, 0.3) is 0 Å². The molecule has 3 aromatic rings. The predicted molar refractivity (Wildman–Crippen MR) is 102 cm³/mol. The SMILES string of the molecule is Cc1ccc(OCCOCCOc2ccccc2/C=N\n2cnnc2)cc1. The van der Waals surface area contributed by atoms with Crippen molar-refractivity contribution in [1.29, 1.82) is 0 Å². The van der Waals surface area contributed by atoms with E-state index in [1.54, 1.807) is 6.21 Å². The number of rotatable bonds is 10. The van der Waals surface area contributed by atoms with E-state index in [1.807, 2.05) is 55.5 Å². The maximum Gasteiger partial charge on any atom is 0.141 e. The molecule has 0 saturated carbocycles. The van der Waals surface area contributed by atoms with Crippen LogP contribution >= 0.6 is 0 Å². The topological polar surface area (TPSA) is 70.8 Å². The van der Waals surface area contributed by atoms with E-state index < -0.39 is 0 Å². The molecule has 0 unspecified atom stereocenters. The molecule has 2 aromatic carbocycles. The lowest BCUT2D eigenvalue weighted by molar-refractivity contribution is 0.0764. The number of hydrogen-bond acceptors (Lipinski definition) is 6. The fourth-order valence-corrected chi connectivity index (χ4v) is 2.27. The molecule has 140 valence electrons. The van der Waals surface area contributed by atoms with Crippen LogP contribution < -0.4 is 9.47 Å². The first kappa shape index (κ1) is 18.6. The molecule has 0 amide bonds. The van der Waals surface area contributed by atoms with Crippen LogP contribution in [0.15, 0.2) is 66.3 Å². The fraction of sp³-hybridized carbons (Fsp3) is 0.250. The molecular formula is C20H22N4O3. The van der Waals surface area contributed by atoms with E-state index >= 15 is 0 Å². The number of ether oxygens (including phenoxy) is 3. The molecule has 0 spiro atoms. The van der Waals surface area contributed by atoms with Gasteiger partial charge in [-0.15, -0.1) is 10.2 Å². The van der Waals surface area contributed by atoms with Gasteiger partial charge in [0.2, 0.25) is 0 Å². The van der Waals surface area contributed by atoms with Crippen molar-refractivity contribution >= 4 is 6.21 Å². The van der Waals surface area contributed by atoms with Crippen LogP contribution in [0.5, 0.6) is 11.5 Å². The minimum absolute atomic E-state index is 0.446. The number of nitrogens with zero attached hydrogens (tertiary/aromatic N) is 4. The number of benzene rings is 2. The van der Waals surface area contributed by atoms with Crippen molar-refractivity contribution in [2.45, 2.75) is 6.92 Å². The molecule has 0 radical (unpaired) electrons. The van der Waals surface area contributed by atoms with Gasteiger partial charge in [-0.3, -0.25) is 0 Å². The second kappa shape index (κ2) is 10.1. The summed E-state index contributed by atoms with van der Waals surface area (Å²) in [4.78, 5) is 0. The lowest BCUT2D eigenvalue weighted by atomic mass is 10.2. The summed E-state index contributed by atoms with van der Waals surface area (Å²) in [6.07, 6.45) is 4.74. The summed E-state index contributed by atoms with van der Waals surface area (Å²) in [6.45, 7) is 3.99. The fourth-order valence-electron chi connectivity index (χ4n) is 2.27. The normalized spacial score (nSPS) is 11.0. The highest BCUT2D eigenvalue weighted by atomic mass is 16.5. The first-order valence-corrected chi connectivity index (χ1v) is 8.69. The molecule has 0 bridgehead atoms. The van der Waals surface area contributed by atoms with Crippen LogP contribution in [-0.4, -0.2) is 47.5 Å². The number of para-hydroxylation sites is 1. The van der Waals surface area contributed by atoms with Gasteiger partial charge in [-0.2, -0.15) is 5.10 Å². The van der Waals surface area contributed by atoms with Gasteiger partial charge in [0.1, 0.15) is 37.4 Å². The molecule has 3 rings (SSSR count). The second-order valence-corrected chi connectivity index (χ2v) is 5.75. The molecule has 1 aromatic heterocycles. The highest BCUT2D eigenvalue weighted by Gasteiger charge is 2.01. The molecule has 0 N–H and O–H groups in total. The molecule has 7 heteroatoms. The Balaban J connectivity index is 1.36. The van der Waals surface area contributed by atoms with Gasteiger partial charge in [0.25, 0.3) is 0 Å². The Morgan fingerprint density at radius 3 is 2.37 bits per heavy atom. The van der Waals surface area contributed by atoms with Gasteiger partial charge < -0.3 is 14.2 Å². The average Bonchev–Trinajstić information content (AvgIpc) is 3.21. The van der Waals surface area contributed by atoms with Gasteiger partial charge in [0.15, 0.2) is 0 Å². The third-order valence-electron chi connectivity index (χ3n) is 3.66. The summed E-state index contributed by atoms with van der Waals surface area (Å²) in [6, 6.07) is 15.6. The Bertz CT molecular complexity index is 833. The summed E-state index contributed by atoms with van der Waals surface area (Å²) in [5.74, 6) is 1.59. The largest absolute Gasteiger partial charge is 0.491 e. The van der Waals surface area contributed by atoms with Crippen molar-refractivity contribution in [2.75, 3.05) is 26.4 Å². The molecule has 0 aliphatic rings. The molecule has 0 fully saturated rings. The first-order valence-electron chi connectivity index (χ1n) is 8.69. The van der Waals surface area contributed by atoms with Gasteiger partial charge >= 0.3 is 0 Å². The maximum absolute atomic E-state index is 5.79. The van der Waals surface area contributed by atoms with Crippen molar-refractivity contribution in [3.05, 3.63) is 72.3 Å². The standard InChI is InChI=1S/C20H22N4O3/c1-17-6-8-19(9-7-17)26-12-10-25-11-13-27-20-5-3-2-4-18(20)14-23-24-15-21-22-16-24/h2-9,14-16H,10-13H2,1H3/b23-14-. The third-order valence-corrected chi connectivity index (χ3v) is 3.66. The summed E-state index contributed by atoms with van der Waals surface area (Å²) in [7, 11) is 0. The van der Waals surface area contributed by atoms with Crippen molar-refractivity contribution in [3.63, 3.8) is 0 Å². The Labute approximate surface area is 158 Å². The van der Waals surface area contributed by atoms with Crippen LogP contribution in [0.1, 0.15) is 11.1 Å². The molecule has 0 aliphatic carbocycles. The first-order chi connectivity index (χ1) is 13.3. The lowest BCUT2D eigenvalue weighted by Gasteiger charge is -2.10. The average molecular weight is 366 g/mol. The molecular weight excluding hydrogens is 344 g/mol. The minimum Gasteiger partial charge on any atom is -0.491 e. The van der Waals surface area contributed by atoms with E-state index in [9.17, 15) is 0 Å². The summed E-state index contributed by atoms with van der Waals surface area (Å²) in [5, 5.41) is 11.7. The van der Waals surface area contributed by atoms with Crippen molar-refractivity contribution < 1.29 is 14.2 Å². The Hall–Kier alpha value is -3.19. The summed E-state index contributed by atoms with van der Waals surface area (Å²) in [5.41, 5.74) is 2.08. The predicted octanol–water partition coefficient (Wildman–Crippen LogP) is 2.94. The van der Waals surface area contributed by atoms with Crippen LogP contribution in [0.4, 0.5) is 0 Å². The lowest BCUT2D eigenvalue weighted by Crippen LogP contribution is -2.12. The Morgan fingerprint density at radius 2 is 1.59 bits per heavy atom. The van der Waals surface area contributed by atoms with Crippen molar-refractivity contribution in [3.8, 4) is 11.5 Å². The Kier molecular flexibility index (Phi) is 6.94. The quantitative estimate of drug-likeness (QED) is 0.407. The minimum atomic E-state index is 0.446. The van der Waals surface area contributed by atoms with Gasteiger partial charge in [-0.25, -0.2) is 4.68 Å². The maximum atomic E-state index is 5.79. The van der Waals surface area contributed by atoms with Gasteiger partial charge in [0, 0.05) is 5.56 Å². The number of aryl methyl sites for hydroxylation is 1. The van der Waals surface area contributed by atoms with Crippen LogP contribution in [0.3, 0.4) is 0 Å². The second-order valence-electron chi connectivity index (χ2n) is 5.75. The van der Waals surface area contributed by atoms with Gasteiger partial charge in [-0.05, 0) is 31.2 Å². The highest BCUT2D eigenvalue weighted by molar-refractivity contribution is 5.83. The third kappa shape index (κ3) is 6.23. The Morgan fingerprint density at radius 1 is 0.889 bits per heavy atom. The zero-order valence-electron chi connectivity index (χ0n) is 15.2. The zero-order valence-corrected chi connectivity index (χ0v) is 15.2. The van der Waals surface area contributed by atoms with E-state index in [2.05, 4.69) is 15.3 Å². The number of aromatic nitrogens is 3.